The van der Waals surface area contributed by atoms with Gasteiger partial charge in [0.15, 0.2) is 0 Å². The smallest absolute Gasteiger partial charge is 0.0750 e. The van der Waals surface area contributed by atoms with Crippen molar-refractivity contribution in [2.24, 2.45) is 5.92 Å². The molecule has 2 nitrogen and oxygen atoms in total. The maximum atomic E-state index is 5.72. The number of methoxy groups -OCH3 is 1. The fraction of sp³-hybridized carbons (Fsp3) is 0.647. The van der Waals surface area contributed by atoms with Crippen LogP contribution in [0.5, 0.6) is 0 Å². The summed E-state index contributed by atoms with van der Waals surface area (Å²) in [6.45, 7) is 12.0. The summed E-state index contributed by atoms with van der Waals surface area (Å²) in [5.41, 5.74) is 4.21. The molecule has 0 aliphatic heterocycles. The van der Waals surface area contributed by atoms with Crippen LogP contribution in [0.2, 0.25) is 0 Å². The predicted octanol–water partition coefficient (Wildman–Crippen LogP) is 3.50. The van der Waals surface area contributed by atoms with Gasteiger partial charge in [-0.2, -0.15) is 0 Å². The fourth-order valence-electron chi connectivity index (χ4n) is 2.86. The zero-order valence-corrected chi connectivity index (χ0v) is 13.3. The van der Waals surface area contributed by atoms with E-state index >= 15 is 0 Å². The first-order valence-corrected chi connectivity index (χ1v) is 7.32. The summed E-state index contributed by atoms with van der Waals surface area (Å²) >= 11 is 0. The van der Waals surface area contributed by atoms with Crippen LogP contribution < -0.4 is 5.32 Å². The number of rotatable bonds is 7. The molecule has 0 spiro atoms. The topological polar surface area (TPSA) is 21.3 Å². The summed E-state index contributed by atoms with van der Waals surface area (Å²) in [6.07, 6.45) is 1.28. The Balaban J connectivity index is 2.95. The first kappa shape index (κ1) is 16.2. The minimum Gasteiger partial charge on any atom is -0.380 e. The molecule has 0 saturated heterocycles. The molecule has 0 aliphatic rings. The van der Waals surface area contributed by atoms with Crippen LogP contribution in [0.1, 0.15) is 37.5 Å². The van der Waals surface area contributed by atoms with Gasteiger partial charge < -0.3 is 10.1 Å². The number of benzene rings is 1. The molecule has 1 N–H and O–H groups in total. The van der Waals surface area contributed by atoms with Crippen LogP contribution in [-0.2, 0) is 11.2 Å². The normalized spacial score (nSPS) is 14.7. The second kappa shape index (κ2) is 7.66. The van der Waals surface area contributed by atoms with Crippen LogP contribution in [0.3, 0.4) is 0 Å². The summed E-state index contributed by atoms with van der Waals surface area (Å²) in [5, 5.41) is 3.59. The van der Waals surface area contributed by atoms with Gasteiger partial charge in [0.05, 0.1) is 6.10 Å². The first-order chi connectivity index (χ1) is 9.01. The Morgan fingerprint density at radius 2 is 1.74 bits per heavy atom. The van der Waals surface area contributed by atoms with E-state index in [9.17, 15) is 0 Å². The second-order valence-electron chi connectivity index (χ2n) is 5.68. The van der Waals surface area contributed by atoms with Crippen molar-refractivity contribution in [1.82, 2.24) is 5.32 Å². The highest BCUT2D eigenvalue weighted by Crippen LogP contribution is 2.20. The molecule has 1 rings (SSSR count). The van der Waals surface area contributed by atoms with E-state index in [4.69, 9.17) is 4.74 Å². The molecular formula is C17H29NO. The zero-order valence-electron chi connectivity index (χ0n) is 13.3. The summed E-state index contributed by atoms with van der Waals surface area (Å²) in [6, 6.07) is 6.90. The number of aryl methyl sites for hydroxylation is 2. The van der Waals surface area contributed by atoms with Crippen molar-refractivity contribution in [2.75, 3.05) is 13.7 Å². The van der Waals surface area contributed by atoms with E-state index in [1.807, 2.05) is 7.11 Å². The molecular weight excluding hydrogens is 234 g/mol. The monoisotopic (exact) mass is 263 g/mol. The standard InChI is InChI=1S/C17H29NO/c1-7-18-16(17(19-6)12(2)3)11-15-13(4)9-8-10-14(15)5/h8-10,12,16-18H,7,11H2,1-6H3. The first-order valence-electron chi connectivity index (χ1n) is 7.32. The minimum absolute atomic E-state index is 0.249. The van der Waals surface area contributed by atoms with Crippen LogP contribution >= 0.6 is 0 Å². The van der Waals surface area contributed by atoms with Crippen LogP contribution in [-0.4, -0.2) is 25.8 Å². The van der Waals surface area contributed by atoms with Crippen molar-refractivity contribution in [3.8, 4) is 0 Å². The molecule has 0 bridgehead atoms. The molecule has 0 aliphatic carbocycles. The Morgan fingerprint density at radius 3 is 2.16 bits per heavy atom. The highest BCUT2D eigenvalue weighted by Gasteiger charge is 2.24. The van der Waals surface area contributed by atoms with Gasteiger partial charge in [0, 0.05) is 13.2 Å². The van der Waals surface area contributed by atoms with Crippen LogP contribution in [0.25, 0.3) is 0 Å². The van der Waals surface area contributed by atoms with Gasteiger partial charge in [-0.25, -0.2) is 0 Å². The Bertz CT molecular complexity index is 367. The SMILES string of the molecule is CCNC(Cc1c(C)cccc1C)C(OC)C(C)C. The van der Waals surface area contributed by atoms with Crippen LogP contribution in [0.15, 0.2) is 18.2 Å². The van der Waals surface area contributed by atoms with E-state index in [-0.39, 0.29) is 6.10 Å². The van der Waals surface area contributed by atoms with Gasteiger partial charge in [0.25, 0.3) is 0 Å². The van der Waals surface area contributed by atoms with Crippen molar-refractivity contribution >= 4 is 0 Å². The molecule has 0 fully saturated rings. The Hall–Kier alpha value is -0.860. The average Bonchev–Trinajstić information content (AvgIpc) is 2.34. The third-order valence-electron chi connectivity index (χ3n) is 3.86. The fourth-order valence-corrected chi connectivity index (χ4v) is 2.86. The van der Waals surface area contributed by atoms with Gasteiger partial charge in [-0.05, 0) is 49.4 Å². The van der Waals surface area contributed by atoms with Crippen molar-refractivity contribution < 1.29 is 4.74 Å². The summed E-state index contributed by atoms with van der Waals surface area (Å²) in [5.74, 6) is 0.512. The molecule has 2 heteroatoms. The summed E-state index contributed by atoms with van der Waals surface area (Å²) in [4.78, 5) is 0. The largest absolute Gasteiger partial charge is 0.380 e. The molecule has 0 heterocycles. The van der Waals surface area contributed by atoms with Gasteiger partial charge in [0.1, 0.15) is 0 Å². The average molecular weight is 263 g/mol. The third-order valence-corrected chi connectivity index (χ3v) is 3.86. The maximum Gasteiger partial charge on any atom is 0.0750 e. The lowest BCUT2D eigenvalue weighted by Gasteiger charge is -2.30. The number of hydrogen-bond acceptors (Lipinski definition) is 2. The Labute approximate surface area is 118 Å². The van der Waals surface area contributed by atoms with E-state index in [0.29, 0.717) is 12.0 Å². The molecule has 1 aromatic carbocycles. The molecule has 2 atom stereocenters. The Kier molecular flexibility index (Phi) is 6.53. The predicted molar refractivity (Wildman–Crippen MR) is 82.7 cm³/mol. The van der Waals surface area contributed by atoms with Gasteiger partial charge >= 0.3 is 0 Å². The van der Waals surface area contributed by atoms with Gasteiger partial charge in [0.2, 0.25) is 0 Å². The maximum absolute atomic E-state index is 5.72. The lowest BCUT2D eigenvalue weighted by Crippen LogP contribution is -2.45. The second-order valence-corrected chi connectivity index (χ2v) is 5.68. The third kappa shape index (κ3) is 4.32. The lowest BCUT2D eigenvalue weighted by atomic mass is 9.90. The molecule has 108 valence electrons. The molecule has 1 aromatic rings. The number of ether oxygens (including phenoxy) is 1. The van der Waals surface area contributed by atoms with Crippen LogP contribution in [0, 0.1) is 19.8 Å². The van der Waals surface area contributed by atoms with E-state index in [2.05, 4.69) is 58.1 Å². The van der Waals surface area contributed by atoms with E-state index in [1.54, 1.807) is 0 Å². The molecule has 0 saturated carbocycles. The van der Waals surface area contributed by atoms with Gasteiger partial charge in [-0.1, -0.05) is 39.0 Å². The number of likely N-dealkylation sites (N-methyl/N-ethyl adjacent to an activating group) is 1. The molecule has 2 unspecified atom stereocenters. The summed E-state index contributed by atoms with van der Waals surface area (Å²) < 4.78 is 5.72. The number of nitrogens with one attached hydrogen (secondary N) is 1. The van der Waals surface area contributed by atoms with Crippen molar-refractivity contribution in [3.05, 3.63) is 34.9 Å². The molecule has 0 amide bonds. The van der Waals surface area contributed by atoms with E-state index in [1.165, 1.54) is 16.7 Å². The van der Waals surface area contributed by atoms with Crippen LogP contribution in [0.4, 0.5) is 0 Å². The Morgan fingerprint density at radius 1 is 1.16 bits per heavy atom. The lowest BCUT2D eigenvalue weighted by molar-refractivity contribution is 0.0336. The molecule has 0 radical (unpaired) electrons. The molecule has 0 aromatic heterocycles. The van der Waals surface area contributed by atoms with Crippen molar-refractivity contribution in [3.63, 3.8) is 0 Å². The zero-order chi connectivity index (χ0) is 14.4. The quantitative estimate of drug-likeness (QED) is 0.813. The number of hydrogen-bond donors (Lipinski definition) is 1. The van der Waals surface area contributed by atoms with E-state index in [0.717, 1.165) is 13.0 Å². The molecule has 19 heavy (non-hydrogen) atoms. The van der Waals surface area contributed by atoms with Gasteiger partial charge in [-0.15, -0.1) is 0 Å². The van der Waals surface area contributed by atoms with E-state index < -0.39 is 0 Å². The van der Waals surface area contributed by atoms with Gasteiger partial charge in [-0.3, -0.25) is 0 Å². The minimum atomic E-state index is 0.249. The summed E-state index contributed by atoms with van der Waals surface area (Å²) in [7, 11) is 1.82. The highest BCUT2D eigenvalue weighted by molar-refractivity contribution is 5.34. The van der Waals surface area contributed by atoms with Crippen molar-refractivity contribution in [1.29, 1.82) is 0 Å². The highest BCUT2D eigenvalue weighted by atomic mass is 16.5. The van der Waals surface area contributed by atoms with Crippen molar-refractivity contribution in [2.45, 2.75) is 53.2 Å².